The predicted octanol–water partition coefficient (Wildman–Crippen LogP) is 3.02. The summed E-state index contributed by atoms with van der Waals surface area (Å²) >= 11 is 0. The molecule has 2 N–H and O–H groups in total. The van der Waals surface area contributed by atoms with E-state index in [0.29, 0.717) is 11.6 Å². The Morgan fingerprint density at radius 2 is 1.39 bits per heavy atom. The number of ketones is 2. The van der Waals surface area contributed by atoms with E-state index in [9.17, 15) is 14.4 Å². The molecule has 2 aromatic rings. The van der Waals surface area contributed by atoms with Gasteiger partial charge in [-0.3, -0.25) is 9.59 Å². The Morgan fingerprint density at radius 3 is 1.96 bits per heavy atom. The summed E-state index contributed by atoms with van der Waals surface area (Å²) in [6.45, 7) is 0. The fourth-order valence-corrected chi connectivity index (χ4v) is 2.00. The molecular formula is C18H14O5. The molecule has 0 radical (unpaired) electrons. The van der Waals surface area contributed by atoms with Gasteiger partial charge in [0.1, 0.15) is 0 Å². The number of hydrogen-bond acceptors (Lipinski definition) is 4. The number of aliphatic hydroxyl groups excluding tert-OH is 1. The summed E-state index contributed by atoms with van der Waals surface area (Å²) in [6.07, 6.45) is 0.0423. The van der Waals surface area contributed by atoms with Gasteiger partial charge in [0.05, 0.1) is 6.42 Å². The number of carboxylic acid groups (broad SMARTS) is 1. The Bertz CT molecular complexity index is 758. The minimum Gasteiger partial charge on any atom is -0.502 e. The normalized spacial score (nSPS) is 11.0. The van der Waals surface area contributed by atoms with Crippen molar-refractivity contribution in [2.75, 3.05) is 0 Å². The molecule has 0 bridgehead atoms. The van der Waals surface area contributed by atoms with E-state index in [1.807, 2.05) is 30.3 Å². The number of Topliss-reactive ketones (excluding diaryl/α,β-unsaturated/α-hetero) is 1. The molecule has 0 atom stereocenters. The number of aliphatic carboxylic acids is 1. The van der Waals surface area contributed by atoms with Gasteiger partial charge < -0.3 is 10.2 Å². The van der Waals surface area contributed by atoms with Gasteiger partial charge in [0.25, 0.3) is 0 Å². The van der Waals surface area contributed by atoms with E-state index in [1.165, 1.54) is 0 Å². The molecule has 2 rings (SSSR count). The lowest BCUT2D eigenvalue weighted by Gasteiger charge is -2.03. The second-order valence-corrected chi connectivity index (χ2v) is 4.84. The van der Waals surface area contributed by atoms with E-state index in [0.717, 1.165) is 11.1 Å². The topological polar surface area (TPSA) is 91.7 Å². The largest absolute Gasteiger partial charge is 0.502 e. The minimum absolute atomic E-state index is 0.348. The molecule has 0 aromatic heterocycles. The number of rotatable bonds is 6. The average Bonchev–Trinajstić information content (AvgIpc) is 2.55. The molecule has 116 valence electrons. The molecular weight excluding hydrogens is 296 g/mol. The van der Waals surface area contributed by atoms with Crippen molar-refractivity contribution in [3.05, 3.63) is 72.0 Å². The van der Waals surface area contributed by atoms with Crippen molar-refractivity contribution in [2.45, 2.75) is 6.42 Å². The maximum Gasteiger partial charge on any atom is 0.371 e. The molecule has 0 aliphatic heterocycles. The summed E-state index contributed by atoms with van der Waals surface area (Å²) in [4.78, 5) is 33.9. The lowest BCUT2D eigenvalue weighted by molar-refractivity contribution is -0.135. The first-order valence-corrected chi connectivity index (χ1v) is 6.83. The van der Waals surface area contributed by atoms with Gasteiger partial charge in [-0.05, 0) is 11.1 Å². The third-order valence-corrected chi connectivity index (χ3v) is 3.17. The van der Waals surface area contributed by atoms with Crippen molar-refractivity contribution in [3.63, 3.8) is 0 Å². The molecule has 0 unspecified atom stereocenters. The van der Waals surface area contributed by atoms with Gasteiger partial charge in [0.2, 0.25) is 5.76 Å². The van der Waals surface area contributed by atoms with Crippen molar-refractivity contribution in [1.29, 1.82) is 0 Å². The number of benzene rings is 2. The van der Waals surface area contributed by atoms with E-state index in [1.54, 1.807) is 24.3 Å². The summed E-state index contributed by atoms with van der Waals surface area (Å²) in [5, 5.41) is 17.4. The Kier molecular flexibility index (Phi) is 5.04. The van der Waals surface area contributed by atoms with Crippen LogP contribution < -0.4 is 0 Å². The van der Waals surface area contributed by atoms with Crippen molar-refractivity contribution in [1.82, 2.24) is 0 Å². The van der Waals surface area contributed by atoms with Crippen LogP contribution in [0.2, 0.25) is 0 Å². The zero-order valence-electron chi connectivity index (χ0n) is 12.1. The molecule has 0 saturated heterocycles. The number of hydrogen-bond donors (Lipinski definition) is 2. The fraction of sp³-hybridized carbons (Fsp3) is 0.0556. The van der Waals surface area contributed by atoms with E-state index >= 15 is 0 Å². The first-order valence-electron chi connectivity index (χ1n) is 6.83. The van der Waals surface area contributed by atoms with Crippen LogP contribution in [0.4, 0.5) is 0 Å². The second-order valence-electron chi connectivity index (χ2n) is 4.84. The monoisotopic (exact) mass is 310 g/mol. The van der Waals surface area contributed by atoms with Crippen LogP contribution in [0.1, 0.15) is 16.8 Å². The molecule has 0 saturated carbocycles. The molecule has 5 heteroatoms. The van der Waals surface area contributed by atoms with Crippen LogP contribution in [0.5, 0.6) is 0 Å². The Hall–Kier alpha value is -3.21. The molecule has 23 heavy (non-hydrogen) atoms. The third-order valence-electron chi connectivity index (χ3n) is 3.17. The highest BCUT2D eigenvalue weighted by Crippen LogP contribution is 2.19. The zero-order valence-corrected chi connectivity index (χ0v) is 12.1. The number of carbonyl (C=O) groups excluding carboxylic acids is 2. The third kappa shape index (κ3) is 4.38. The van der Waals surface area contributed by atoms with Crippen LogP contribution >= 0.6 is 0 Å². The second kappa shape index (κ2) is 7.17. The average molecular weight is 310 g/mol. The standard InChI is InChI=1S/C18H14O5/c19-15(11-17(21)18(22)23)10-16(20)14-8-6-13(7-9-14)12-4-2-1-3-5-12/h1-9,11,21H,10H2,(H,22,23)/b17-11-. The molecule has 0 fully saturated rings. The molecule has 0 amide bonds. The molecule has 0 spiro atoms. The summed E-state index contributed by atoms with van der Waals surface area (Å²) in [5.74, 6) is -3.90. The van der Waals surface area contributed by atoms with Crippen LogP contribution in [0, 0.1) is 0 Å². The van der Waals surface area contributed by atoms with Crippen LogP contribution in [0.25, 0.3) is 11.1 Å². The Morgan fingerprint density at radius 1 is 0.826 bits per heavy atom. The quantitative estimate of drug-likeness (QED) is 0.370. The highest BCUT2D eigenvalue weighted by Gasteiger charge is 2.13. The summed E-state index contributed by atoms with van der Waals surface area (Å²) in [7, 11) is 0. The molecule has 0 heterocycles. The Balaban J connectivity index is 2.08. The molecule has 0 aliphatic rings. The van der Waals surface area contributed by atoms with Gasteiger partial charge in [-0.2, -0.15) is 0 Å². The van der Waals surface area contributed by atoms with Crippen LogP contribution in [-0.4, -0.2) is 27.7 Å². The van der Waals surface area contributed by atoms with Gasteiger partial charge in [-0.25, -0.2) is 4.79 Å². The minimum atomic E-state index is -1.61. The van der Waals surface area contributed by atoms with E-state index in [2.05, 4.69) is 0 Å². The number of carbonyl (C=O) groups is 3. The van der Waals surface area contributed by atoms with E-state index in [4.69, 9.17) is 10.2 Å². The van der Waals surface area contributed by atoms with Gasteiger partial charge in [-0.1, -0.05) is 54.6 Å². The van der Waals surface area contributed by atoms with Crippen molar-refractivity contribution in [2.24, 2.45) is 0 Å². The fourth-order valence-electron chi connectivity index (χ4n) is 2.00. The lowest BCUT2D eigenvalue weighted by atomic mass is 10.0. The number of allylic oxidation sites excluding steroid dienone is 1. The van der Waals surface area contributed by atoms with E-state index in [-0.39, 0.29) is 0 Å². The maximum atomic E-state index is 12.0. The summed E-state index contributed by atoms with van der Waals surface area (Å²) in [6, 6.07) is 16.4. The van der Waals surface area contributed by atoms with Gasteiger partial charge in [0, 0.05) is 11.6 Å². The SMILES string of the molecule is O=C(/C=C(\O)C(=O)O)CC(=O)c1ccc(-c2ccccc2)cc1. The zero-order chi connectivity index (χ0) is 16.8. The van der Waals surface area contributed by atoms with Crippen LogP contribution in [-0.2, 0) is 9.59 Å². The highest BCUT2D eigenvalue weighted by atomic mass is 16.4. The van der Waals surface area contributed by atoms with Crippen LogP contribution in [0.3, 0.4) is 0 Å². The first-order chi connectivity index (χ1) is 11.0. The molecule has 5 nitrogen and oxygen atoms in total. The predicted molar refractivity (Wildman–Crippen MR) is 84.2 cm³/mol. The van der Waals surface area contributed by atoms with Crippen molar-refractivity contribution >= 4 is 17.5 Å². The van der Waals surface area contributed by atoms with Crippen LogP contribution in [0.15, 0.2) is 66.4 Å². The highest BCUT2D eigenvalue weighted by molar-refractivity contribution is 6.12. The first kappa shape index (κ1) is 16.2. The van der Waals surface area contributed by atoms with Gasteiger partial charge >= 0.3 is 5.97 Å². The summed E-state index contributed by atoms with van der Waals surface area (Å²) < 4.78 is 0. The Labute approximate surface area is 132 Å². The van der Waals surface area contributed by atoms with E-state index < -0.39 is 29.7 Å². The smallest absolute Gasteiger partial charge is 0.371 e. The number of carboxylic acids is 1. The molecule has 2 aromatic carbocycles. The maximum absolute atomic E-state index is 12.0. The lowest BCUT2D eigenvalue weighted by Crippen LogP contribution is -2.09. The van der Waals surface area contributed by atoms with Crippen molar-refractivity contribution in [3.8, 4) is 11.1 Å². The van der Waals surface area contributed by atoms with Gasteiger partial charge in [-0.15, -0.1) is 0 Å². The number of aliphatic hydroxyl groups is 1. The van der Waals surface area contributed by atoms with Gasteiger partial charge in [0.15, 0.2) is 11.6 Å². The summed E-state index contributed by atoms with van der Waals surface area (Å²) in [5.41, 5.74) is 2.30. The molecule has 0 aliphatic carbocycles. The van der Waals surface area contributed by atoms with Crippen molar-refractivity contribution < 1.29 is 24.6 Å².